The van der Waals surface area contributed by atoms with Crippen molar-refractivity contribution in [3.8, 4) is 0 Å². The van der Waals surface area contributed by atoms with Crippen molar-refractivity contribution in [1.29, 1.82) is 0 Å². The van der Waals surface area contributed by atoms with Gasteiger partial charge >= 0.3 is 0 Å². The largest absolute Gasteiger partial charge is 0.358 e. The average Bonchev–Trinajstić information content (AvgIpc) is 2.85. The molecule has 0 saturated heterocycles. The zero-order chi connectivity index (χ0) is 15.0. The molecular weight excluding hydrogens is 298 g/mol. The first-order valence-corrected chi connectivity index (χ1v) is 7.75. The van der Waals surface area contributed by atoms with Crippen LogP contribution in [-0.2, 0) is 13.0 Å². The number of halogens is 1. The molecule has 0 radical (unpaired) electrons. The lowest BCUT2D eigenvalue weighted by Gasteiger charge is -2.22. The number of nitrogens with zero attached hydrogens (tertiary/aromatic N) is 2. The molecule has 120 valence electrons. The molecule has 1 amide bonds. The zero-order valence-corrected chi connectivity index (χ0v) is 14.3. The van der Waals surface area contributed by atoms with Crippen molar-refractivity contribution in [2.24, 2.45) is 0 Å². The highest BCUT2D eigenvalue weighted by atomic mass is 35.5. The van der Waals surface area contributed by atoms with E-state index in [0.29, 0.717) is 0 Å². The number of likely N-dealkylation sites (N-methyl/N-ethyl adjacent to an activating group) is 1. The Balaban J connectivity index is 0.00000176. The second-order valence-electron chi connectivity index (χ2n) is 5.81. The third-order valence-corrected chi connectivity index (χ3v) is 4.46. The molecule has 0 saturated carbocycles. The first-order valence-electron chi connectivity index (χ1n) is 7.75. The highest BCUT2D eigenvalue weighted by molar-refractivity contribution is 5.99. The maximum absolute atomic E-state index is 12.5. The van der Waals surface area contributed by atoms with E-state index in [4.69, 9.17) is 0 Å². The second kappa shape index (κ2) is 6.71. The van der Waals surface area contributed by atoms with E-state index >= 15 is 0 Å². The number of H-pyrrole nitrogens is 1. The molecule has 5 heteroatoms. The van der Waals surface area contributed by atoms with Gasteiger partial charge in [-0.1, -0.05) is 0 Å². The Morgan fingerprint density at radius 2 is 2.05 bits per heavy atom. The zero-order valence-electron chi connectivity index (χ0n) is 13.5. The van der Waals surface area contributed by atoms with Gasteiger partial charge in [-0.15, -0.1) is 12.4 Å². The predicted molar refractivity (Wildman–Crippen MR) is 92.8 cm³/mol. The molecule has 0 atom stereocenters. The molecule has 22 heavy (non-hydrogen) atoms. The van der Waals surface area contributed by atoms with E-state index in [1.54, 1.807) is 0 Å². The third kappa shape index (κ3) is 2.85. The van der Waals surface area contributed by atoms with E-state index in [1.165, 1.54) is 16.6 Å². The normalized spacial score (nSPS) is 14.5. The summed E-state index contributed by atoms with van der Waals surface area (Å²) >= 11 is 0. The molecular formula is C17H24ClN3O. The Morgan fingerprint density at radius 3 is 2.73 bits per heavy atom. The maximum Gasteiger partial charge on any atom is 0.253 e. The van der Waals surface area contributed by atoms with Gasteiger partial charge in [0.2, 0.25) is 0 Å². The number of aromatic amines is 1. The number of hydrogen-bond donors (Lipinski definition) is 1. The summed E-state index contributed by atoms with van der Waals surface area (Å²) in [7, 11) is 2.15. The van der Waals surface area contributed by atoms with Gasteiger partial charge < -0.3 is 14.8 Å². The molecule has 0 fully saturated rings. The van der Waals surface area contributed by atoms with Gasteiger partial charge in [0.25, 0.3) is 5.91 Å². The second-order valence-corrected chi connectivity index (χ2v) is 5.81. The highest BCUT2D eigenvalue weighted by Gasteiger charge is 2.20. The van der Waals surface area contributed by atoms with E-state index < -0.39 is 0 Å². The SMILES string of the molecule is CCN(CC)C(=O)c1ccc2[nH]c3c(c2c1)CN(C)CC3.Cl. The van der Waals surface area contributed by atoms with Crippen molar-refractivity contribution < 1.29 is 4.79 Å². The van der Waals surface area contributed by atoms with Crippen LogP contribution < -0.4 is 0 Å². The molecule has 1 N–H and O–H groups in total. The minimum atomic E-state index is 0. The lowest BCUT2D eigenvalue weighted by atomic mass is 10.0. The van der Waals surface area contributed by atoms with E-state index in [2.05, 4.69) is 23.0 Å². The molecule has 0 unspecified atom stereocenters. The Morgan fingerprint density at radius 1 is 1.32 bits per heavy atom. The van der Waals surface area contributed by atoms with Gasteiger partial charge in [0, 0.05) is 54.8 Å². The topological polar surface area (TPSA) is 39.3 Å². The predicted octanol–water partition coefficient (Wildman–Crippen LogP) is 3.06. The van der Waals surface area contributed by atoms with Crippen LogP contribution in [0.5, 0.6) is 0 Å². The summed E-state index contributed by atoms with van der Waals surface area (Å²) in [4.78, 5) is 20.2. The number of carbonyl (C=O) groups excluding carboxylic acids is 1. The summed E-state index contributed by atoms with van der Waals surface area (Å²) in [5.41, 5.74) is 4.62. The van der Waals surface area contributed by atoms with Crippen molar-refractivity contribution in [2.75, 3.05) is 26.7 Å². The molecule has 1 aromatic carbocycles. The molecule has 0 spiro atoms. The summed E-state index contributed by atoms with van der Waals surface area (Å²) in [5.74, 6) is 0.126. The summed E-state index contributed by atoms with van der Waals surface area (Å²) in [6.07, 6.45) is 1.06. The number of rotatable bonds is 3. The first kappa shape index (κ1) is 16.8. The van der Waals surface area contributed by atoms with Gasteiger partial charge in [-0.2, -0.15) is 0 Å². The standard InChI is InChI=1S/C17H23N3O.ClH/c1-4-20(5-2)17(21)12-6-7-15-13(10-12)14-11-19(3)9-8-16(14)18-15;/h6-7,10,18H,4-5,8-9,11H2,1-3H3;1H. The van der Waals surface area contributed by atoms with Gasteiger partial charge in [-0.05, 0) is 44.7 Å². The van der Waals surface area contributed by atoms with E-state index in [1.807, 2.05) is 30.9 Å². The molecule has 2 aromatic rings. The average molecular weight is 322 g/mol. The first-order chi connectivity index (χ1) is 10.1. The Bertz CT molecular complexity index is 676. The molecule has 3 rings (SSSR count). The van der Waals surface area contributed by atoms with Crippen LogP contribution in [-0.4, -0.2) is 47.4 Å². The van der Waals surface area contributed by atoms with Gasteiger partial charge in [-0.3, -0.25) is 4.79 Å². The number of fused-ring (bicyclic) bond motifs is 3. The molecule has 0 bridgehead atoms. The van der Waals surface area contributed by atoms with E-state index in [0.717, 1.165) is 43.7 Å². The summed E-state index contributed by atoms with van der Waals surface area (Å²) in [6.45, 7) is 7.59. The summed E-state index contributed by atoms with van der Waals surface area (Å²) in [5, 5.41) is 1.20. The number of nitrogens with one attached hydrogen (secondary N) is 1. The van der Waals surface area contributed by atoms with E-state index in [-0.39, 0.29) is 18.3 Å². The molecule has 1 aromatic heterocycles. The van der Waals surface area contributed by atoms with Crippen molar-refractivity contribution in [1.82, 2.24) is 14.8 Å². The Labute approximate surface area is 137 Å². The Kier molecular flexibility index (Phi) is 5.14. The lowest BCUT2D eigenvalue weighted by molar-refractivity contribution is 0.0773. The fourth-order valence-electron chi connectivity index (χ4n) is 3.18. The minimum absolute atomic E-state index is 0. The fraction of sp³-hybridized carbons (Fsp3) is 0.471. The van der Waals surface area contributed by atoms with E-state index in [9.17, 15) is 4.79 Å². The number of amides is 1. The molecule has 1 aliphatic heterocycles. The third-order valence-electron chi connectivity index (χ3n) is 4.46. The highest BCUT2D eigenvalue weighted by Crippen LogP contribution is 2.28. The van der Waals surface area contributed by atoms with Crippen LogP contribution in [0.3, 0.4) is 0 Å². The van der Waals surface area contributed by atoms with Gasteiger partial charge in [0.15, 0.2) is 0 Å². The molecule has 1 aliphatic rings. The van der Waals surface area contributed by atoms with Crippen molar-refractivity contribution in [3.63, 3.8) is 0 Å². The maximum atomic E-state index is 12.5. The van der Waals surface area contributed by atoms with Crippen molar-refractivity contribution in [3.05, 3.63) is 35.0 Å². The van der Waals surface area contributed by atoms with Crippen molar-refractivity contribution in [2.45, 2.75) is 26.8 Å². The van der Waals surface area contributed by atoms with Gasteiger partial charge in [0.1, 0.15) is 0 Å². The lowest BCUT2D eigenvalue weighted by Crippen LogP contribution is -2.30. The number of hydrogen-bond acceptors (Lipinski definition) is 2. The smallest absolute Gasteiger partial charge is 0.253 e. The van der Waals surface area contributed by atoms with Crippen LogP contribution in [0, 0.1) is 0 Å². The van der Waals surface area contributed by atoms with Crippen LogP contribution in [0.25, 0.3) is 10.9 Å². The summed E-state index contributed by atoms with van der Waals surface area (Å²) in [6, 6.07) is 6.05. The van der Waals surface area contributed by atoms with Crippen LogP contribution in [0.1, 0.15) is 35.5 Å². The number of aromatic nitrogens is 1. The monoisotopic (exact) mass is 321 g/mol. The number of benzene rings is 1. The van der Waals surface area contributed by atoms with Crippen LogP contribution in [0.4, 0.5) is 0 Å². The van der Waals surface area contributed by atoms with Crippen molar-refractivity contribution >= 4 is 29.2 Å². The number of carbonyl (C=O) groups is 1. The van der Waals surface area contributed by atoms with Crippen LogP contribution in [0.2, 0.25) is 0 Å². The van der Waals surface area contributed by atoms with Crippen LogP contribution in [0.15, 0.2) is 18.2 Å². The molecule has 4 nitrogen and oxygen atoms in total. The molecule has 2 heterocycles. The Hall–Kier alpha value is -1.52. The quantitative estimate of drug-likeness (QED) is 0.943. The molecule has 0 aliphatic carbocycles. The fourth-order valence-corrected chi connectivity index (χ4v) is 3.18. The van der Waals surface area contributed by atoms with Gasteiger partial charge in [0.05, 0.1) is 0 Å². The van der Waals surface area contributed by atoms with Gasteiger partial charge in [-0.25, -0.2) is 0 Å². The summed E-state index contributed by atoms with van der Waals surface area (Å²) < 4.78 is 0. The minimum Gasteiger partial charge on any atom is -0.358 e. The van der Waals surface area contributed by atoms with Crippen LogP contribution >= 0.6 is 12.4 Å².